The first kappa shape index (κ1) is 15.4. The van der Waals surface area contributed by atoms with Crippen molar-refractivity contribution in [3.05, 3.63) is 62.6 Å². The maximum Gasteiger partial charge on any atom is 0.124 e. The summed E-state index contributed by atoms with van der Waals surface area (Å²) in [7, 11) is 1.94. The Morgan fingerprint density at radius 2 is 2.00 bits per heavy atom. The molecule has 106 valence electrons. The standard InChI is InChI=1S/C16H17BrClNO/c1-11-3-6-14(18)8-16(11)20-10-13-5-4-12(9-19-2)7-15(13)17/h3-8,19H,9-10H2,1-2H3. The number of ether oxygens (including phenoxy) is 1. The van der Waals surface area contributed by atoms with Crippen LogP contribution >= 0.6 is 27.5 Å². The highest BCUT2D eigenvalue weighted by atomic mass is 79.9. The fraction of sp³-hybridized carbons (Fsp3) is 0.250. The third-order valence-electron chi connectivity index (χ3n) is 3.03. The van der Waals surface area contributed by atoms with Crippen molar-refractivity contribution in [2.75, 3.05) is 7.05 Å². The van der Waals surface area contributed by atoms with Gasteiger partial charge in [0.05, 0.1) is 0 Å². The van der Waals surface area contributed by atoms with Crippen molar-refractivity contribution in [3.8, 4) is 5.75 Å². The molecule has 2 aromatic carbocycles. The highest BCUT2D eigenvalue weighted by molar-refractivity contribution is 9.10. The van der Waals surface area contributed by atoms with E-state index in [0.29, 0.717) is 11.6 Å². The zero-order valence-corrected chi connectivity index (χ0v) is 13.9. The maximum absolute atomic E-state index is 5.99. The first-order chi connectivity index (χ1) is 9.60. The molecule has 0 radical (unpaired) electrons. The van der Waals surface area contributed by atoms with E-state index >= 15 is 0 Å². The molecule has 0 bridgehead atoms. The van der Waals surface area contributed by atoms with E-state index in [4.69, 9.17) is 16.3 Å². The third kappa shape index (κ3) is 3.98. The summed E-state index contributed by atoms with van der Waals surface area (Å²) in [4.78, 5) is 0. The Kier molecular flexibility index (Phi) is 5.46. The fourth-order valence-electron chi connectivity index (χ4n) is 1.91. The number of hydrogen-bond donors (Lipinski definition) is 1. The maximum atomic E-state index is 5.99. The largest absolute Gasteiger partial charge is 0.489 e. The minimum absolute atomic E-state index is 0.515. The minimum atomic E-state index is 0.515. The molecule has 0 saturated heterocycles. The zero-order chi connectivity index (χ0) is 14.5. The lowest BCUT2D eigenvalue weighted by Gasteiger charge is -2.11. The molecule has 2 aromatic rings. The molecule has 0 atom stereocenters. The lowest BCUT2D eigenvalue weighted by atomic mass is 10.1. The van der Waals surface area contributed by atoms with E-state index in [1.54, 1.807) is 0 Å². The van der Waals surface area contributed by atoms with Gasteiger partial charge in [-0.25, -0.2) is 0 Å². The second kappa shape index (κ2) is 7.11. The van der Waals surface area contributed by atoms with E-state index in [9.17, 15) is 0 Å². The Hall–Kier alpha value is -1.03. The SMILES string of the molecule is CNCc1ccc(COc2cc(Cl)ccc2C)c(Br)c1. The number of nitrogens with one attached hydrogen (secondary N) is 1. The number of benzene rings is 2. The van der Waals surface area contributed by atoms with Gasteiger partial charge in [-0.05, 0) is 43.3 Å². The molecular formula is C16H17BrClNO. The summed E-state index contributed by atoms with van der Waals surface area (Å²) in [5.41, 5.74) is 3.43. The lowest BCUT2D eigenvalue weighted by molar-refractivity contribution is 0.303. The smallest absolute Gasteiger partial charge is 0.124 e. The van der Waals surface area contributed by atoms with Crippen molar-refractivity contribution in [1.82, 2.24) is 5.32 Å². The van der Waals surface area contributed by atoms with Gasteiger partial charge in [-0.3, -0.25) is 0 Å². The molecule has 0 spiro atoms. The van der Waals surface area contributed by atoms with Crippen molar-refractivity contribution in [2.24, 2.45) is 0 Å². The topological polar surface area (TPSA) is 21.3 Å². The van der Waals surface area contributed by atoms with E-state index in [2.05, 4.69) is 39.4 Å². The van der Waals surface area contributed by atoms with Crippen LogP contribution in [-0.4, -0.2) is 7.05 Å². The Balaban J connectivity index is 2.09. The zero-order valence-electron chi connectivity index (χ0n) is 11.5. The molecule has 0 aromatic heterocycles. The summed E-state index contributed by atoms with van der Waals surface area (Å²) < 4.78 is 6.91. The van der Waals surface area contributed by atoms with Gasteiger partial charge in [0.1, 0.15) is 12.4 Å². The summed E-state index contributed by atoms with van der Waals surface area (Å²) in [5.74, 6) is 0.823. The quantitative estimate of drug-likeness (QED) is 0.839. The molecule has 2 rings (SSSR count). The van der Waals surface area contributed by atoms with E-state index in [0.717, 1.165) is 27.9 Å². The summed E-state index contributed by atoms with van der Waals surface area (Å²) >= 11 is 9.58. The first-order valence-electron chi connectivity index (χ1n) is 6.41. The van der Waals surface area contributed by atoms with Gasteiger partial charge in [0, 0.05) is 21.6 Å². The van der Waals surface area contributed by atoms with Crippen molar-refractivity contribution in [3.63, 3.8) is 0 Å². The van der Waals surface area contributed by atoms with Crippen LogP contribution < -0.4 is 10.1 Å². The highest BCUT2D eigenvalue weighted by Gasteiger charge is 2.05. The van der Waals surface area contributed by atoms with Crippen LogP contribution in [0.1, 0.15) is 16.7 Å². The molecule has 0 amide bonds. The van der Waals surface area contributed by atoms with Crippen molar-refractivity contribution in [2.45, 2.75) is 20.1 Å². The molecule has 0 unspecified atom stereocenters. The van der Waals surface area contributed by atoms with Crippen LogP contribution in [0.15, 0.2) is 40.9 Å². The van der Waals surface area contributed by atoms with Gasteiger partial charge in [-0.15, -0.1) is 0 Å². The lowest BCUT2D eigenvalue weighted by Crippen LogP contribution is -2.05. The third-order valence-corrected chi connectivity index (χ3v) is 4.01. The molecule has 0 fully saturated rings. The van der Waals surface area contributed by atoms with Gasteiger partial charge < -0.3 is 10.1 Å². The van der Waals surface area contributed by atoms with Gasteiger partial charge in [0.25, 0.3) is 0 Å². The molecule has 0 heterocycles. The summed E-state index contributed by atoms with van der Waals surface area (Å²) in [5, 5.41) is 3.82. The predicted octanol–water partition coefficient (Wildman–Crippen LogP) is 4.71. The average molecular weight is 355 g/mol. The van der Waals surface area contributed by atoms with Gasteiger partial charge >= 0.3 is 0 Å². The van der Waals surface area contributed by atoms with Crippen LogP contribution in [0.3, 0.4) is 0 Å². The van der Waals surface area contributed by atoms with Crippen LogP contribution in [0.25, 0.3) is 0 Å². The number of hydrogen-bond acceptors (Lipinski definition) is 2. The second-order valence-electron chi connectivity index (χ2n) is 4.65. The number of aryl methyl sites for hydroxylation is 1. The van der Waals surface area contributed by atoms with Gasteiger partial charge in [-0.2, -0.15) is 0 Å². The van der Waals surface area contributed by atoms with Crippen LogP contribution in [0.5, 0.6) is 5.75 Å². The molecule has 0 aliphatic carbocycles. The van der Waals surface area contributed by atoms with Gasteiger partial charge in [0.2, 0.25) is 0 Å². The van der Waals surface area contributed by atoms with E-state index < -0.39 is 0 Å². The molecular weight excluding hydrogens is 338 g/mol. The number of halogens is 2. The van der Waals surface area contributed by atoms with Gasteiger partial charge in [0.15, 0.2) is 0 Å². The van der Waals surface area contributed by atoms with Crippen LogP contribution in [0.2, 0.25) is 5.02 Å². The van der Waals surface area contributed by atoms with Crippen LogP contribution in [0, 0.1) is 6.92 Å². The van der Waals surface area contributed by atoms with Gasteiger partial charge in [-0.1, -0.05) is 45.7 Å². The summed E-state index contributed by atoms with van der Waals surface area (Å²) in [6.07, 6.45) is 0. The summed E-state index contributed by atoms with van der Waals surface area (Å²) in [6.45, 7) is 3.38. The molecule has 2 nitrogen and oxygen atoms in total. The van der Waals surface area contributed by atoms with E-state index in [-0.39, 0.29) is 0 Å². The highest BCUT2D eigenvalue weighted by Crippen LogP contribution is 2.25. The average Bonchev–Trinajstić information content (AvgIpc) is 2.42. The Morgan fingerprint density at radius 3 is 2.70 bits per heavy atom. The number of rotatable bonds is 5. The summed E-state index contributed by atoms with van der Waals surface area (Å²) in [6, 6.07) is 12.0. The fourth-order valence-corrected chi connectivity index (χ4v) is 2.61. The van der Waals surface area contributed by atoms with E-state index in [1.165, 1.54) is 5.56 Å². The predicted molar refractivity (Wildman–Crippen MR) is 87.4 cm³/mol. The Labute approximate surface area is 133 Å². The van der Waals surface area contributed by atoms with E-state index in [1.807, 2.05) is 32.2 Å². The van der Waals surface area contributed by atoms with Crippen LogP contribution in [0.4, 0.5) is 0 Å². The van der Waals surface area contributed by atoms with Crippen molar-refractivity contribution < 1.29 is 4.74 Å². The normalized spacial score (nSPS) is 10.6. The van der Waals surface area contributed by atoms with Crippen molar-refractivity contribution in [1.29, 1.82) is 0 Å². The van der Waals surface area contributed by atoms with Crippen molar-refractivity contribution >= 4 is 27.5 Å². The molecule has 0 aliphatic heterocycles. The monoisotopic (exact) mass is 353 g/mol. The molecule has 4 heteroatoms. The second-order valence-corrected chi connectivity index (χ2v) is 5.95. The Morgan fingerprint density at radius 1 is 1.20 bits per heavy atom. The molecule has 1 N–H and O–H groups in total. The molecule has 0 aliphatic rings. The first-order valence-corrected chi connectivity index (χ1v) is 7.58. The Bertz CT molecular complexity index is 601. The molecule has 20 heavy (non-hydrogen) atoms. The molecule has 0 saturated carbocycles. The minimum Gasteiger partial charge on any atom is -0.489 e. The van der Waals surface area contributed by atoms with Crippen LogP contribution in [-0.2, 0) is 13.2 Å².